The van der Waals surface area contributed by atoms with E-state index in [4.69, 9.17) is 51.4 Å². The van der Waals surface area contributed by atoms with Crippen molar-refractivity contribution in [3.63, 3.8) is 0 Å². The maximum atomic E-state index is 14.6. The highest BCUT2D eigenvalue weighted by Crippen LogP contribution is 2.53. The molecule has 0 saturated heterocycles. The van der Waals surface area contributed by atoms with E-state index in [0.29, 0.717) is 107 Å². The van der Waals surface area contributed by atoms with Gasteiger partial charge in [-0.2, -0.15) is 0 Å². The second-order valence-electron chi connectivity index (χ2n) is 14.5. The van der Waals surface area contributed by atoms with E-state index in [2.05, 4.69) is 37.8 Å². The first-order valence-corrected chi connectivity index (χ1v) is 20.4. The minimum absolute atomic E-state index is 0.255. The lowest BCUT2D eigenvalue weighted by Crippen LogP contribution is -2.16. The second-order valence-corrected chi connectivity index (χ2v) is 16.1. The third-order valence-electron chi connectivity index (χ3n) is 11.7. The molecule has 0 radical (unpaired) electrons. The quantitative estimate of drug-likeness (QED) is 0.101. The first kappa shape index (κ1) is 36.6. The number of aryl methyl sites for hydroxylation is 1. The van der Waals surface area contributed by atoms with E-state index in [1.165, 1.54) is 0 Å². The molecule has 2 aromatic heterocycles. The van der Waals surface area contributed by atoms with Crippen LogP contribution in [0.15, 0.2) is 108 Å². The molecule has 9 heteroatoms. The third-order valence-corrected chi connectivity index (χ3v) is 12.9. The Labute approximate surface area is 351 Å². The summed E-state index contributed by atoms with van der Waals surface area (Å²) in [4.78, 5) is 34.7. The van der Waals surface area contributed by atoms with Crippen LogP contribution in [0.4, 0.5) is 5.69 Å². The van der Waals surface area contributed by atoms with Gasteiger partial charge in [0.1, 0.15) is 5.65 Å². The van der Waals surface area contributed by atoms with Gasteiger partial charge < -0.3 is 4.90 Å². The number of anilines is 1. The van der Waals surface area contributed by atoms with E-state index >= 15 is 0 Å². The lowest BCUT2D eigenvalue weighted by molar-refractivity contribution is 0.112. The molecule has 9 aromatic carbocycles. The van der Waals surface area contributed by atoms with Crippen molar-refractivity contribution in [3.05, 3.63) is 151 Å². The van der Waals surface area contributed by atoms with Gasteiger partial charge in [0.2, 0.25) is 0 Å². The predicted molar refractivity (Wildman–Crippen MR) is 249 cm³/mol. The lowest BCUT2D eigenvalue weighted by atomic mass is 9.84. The van der Waals surface area contributed by atoms with Crippen molar-refractivity contribution in [3.8, 4) is 0 Å². The molecule has 0 amide bonds. The van der Waals surface area contributed by atoms with Crippen molar-refractivity contribution in [2.24, 2.45) is 0 Å². The Morgan fingerprint density at radius 2 is 1.21 bits per heavy atom. The molecule has 282 valence electrons. The van der Waals surface area contributed by atoms with E-state index in [0.717, 1.165) is 39.1 Å². The third kappa shape index (κ3) is 4.76. The average molecular weight is 836 g/mol. The summed E-state index contributed by atoms with van der Waals surface area (Å²) in [6.45, 7) is 10.6. The van der Waals surface area contributed by atoms with E-state index in [9.17, 15) is 9.59 Å². The van der Waals surface area contributed by atoms with E-state index in [-0.39, 0.29) is 5.56 Å². The molecule has 0 spiro atoms. The number of imidazole rings is 1. The lowest BCUT2D eigenvalue weighted by Gasteiger charge is -2.27. The van der Waals surface area contributed by atoms with Crippen LogP contribution in [0.25, 0.3) is 97.8 Å². The number of benzene rings is 9. The molecule has 0 unspecified atom stereocenters. The van der Waals surface area contributed by atoms with Gasteiger partial charge in [-0.3, -0.25) is 14.0 Å². The Morgan fingerprint density at radius 1 is 0.655 bits per heavy atom. The zero-order valence-corrected chi connectivity index (χ0v) is 34.7. The number of carbonyl (C=O) groups is 1. The smallest absolute Gasteiger partial charge is 0.264 e. The molecule has 0 aliphatic rings. The molecular weight excluding hydrogens is 804 g/mol. The highest BCUT2D eigenvalue weighted by Gasteiger charge is 2.29. The summed E-state index contributed by atoms with van der Waals surface area (Å²) in [5.74, 6) is 0. The number of hydrogen-bond acceptors (Lipinski definition) is 4. The molecule has 11 rings (SSSR count). The summed E-state index contributed by atoms with van der Waals surface area (Å²) in [7, 11) is 1.95. The van der Waals surface area contributed by atoms with Gasteiger partial charge in [-0.1, -0.05) is 127 Å². The Morgan fingerprint density at radius 3 is 1.88 bits per heavy atom. The van der Waals surface area contributed by atoms with Crippen LogP contribution >= 0.6 is 46.4 Å². The minimum atomic E-state index is -0.255. The summed E-state index contributed by atoms with van der Waals surface area (Å²) < 4.78 is 1.65. The molecular formula is C49H31Cl4N3O2. The van der Waals surface area contributed by atoms with Crippen molar-refractivity contribution >= 4 is 156 Å². The van der Waals surface area contributed by atoms with E-state index in [1.54, 1.807) is 16.5 Å². The van der Waals surface area contributed by atoms with E-state index < -0.39 is 0 Å². The second kappa shape index (κ2) is 13.2. The maximum Gasteiger partial charge on any atom is 0.264 e. The van der Waals surface area contributed by atoms with Crippen molar-refractivity contribution in [2.45, 2.75) is 20.8 Å². The average Bonchev–Trinajstić information content (AvgIpc) is 3.65. The Balaban J connectivity index is 0.00000201. The number of aromatic nitrogens is 2. The van der Waals surface area contributed by atoms with Gasteiger partial charge in [0.05, 0.1) is 16.4 Å². The molecule has 0 N–H and O–H groups in total. The normalized spacial score (nSPS) is 12.0. The van der Waals surface area contributed by atoms with Crippen LogP contribution in [0.5, 0.6) is 0 Å². The van der Waals surface area contributed by atoms with Crippen LogP contribution in [-0.4, -0.2) is 22.7 Å². The fourth-order valence-corrected chi connectivity index (χ4v) is 10.4. The van der Waals surface area contributed by atoms with Crippen LogP contribution in [0.3, 0.4) is 0 Å². The Kier molecular flexibility index (Phi) is 8.32. The number of aldehydes is 1. The van der Waals surface area contributed by atoms with Gasteiger partial charge in [-0.15, -0.1) is 0 Å². The highest BCUT2D eigenvalue weighted by molar-refractivity contribution is 6.55. The molecule has 5 nitrogen and oxygen atoms in total. The number of hydrogen-bond donors (Lipinski definition) is 0. The monoisotopic (exact) mass is 833 g/mol. The fourth-order valence-electron chi connectivity index (χ4n) is 9.24. The number of carbonyl (C=O) groups excluding carboxylic acids is 1. The number of pyridine rings is 1. The molecule has 58 heavy (non-hydrogen) atoms. The standard InChI is InChI=1S/C47H25Cl4N3O2.C2H6/c1-21-26-10-6-4-8-23(26)12-14-35(21)53(3)22(2)28-17-32(49)40-42-34(51)19-30-38-29(18-33(50)41(44(38)42)39-31(48)16-25(20-55)37(28)43(39)40)46-52-45-27-11-7-5-9-24(27)13-15-36(45)54(46)47(30)56;1-2/h4-20H,2H2,1,3H3;1-2H3. The molecule has 11 aromatic rings. The van der Waals surface area contributed by atoms with Gasteiger partial charge in [-0.25, -0.2) is 4.98 Å². The van der Waals surface area contributed by atoms with Crippen molar-refractivity contribution < 1.29 is 4.79 Å². The number of rotatable bonds is 4. The van der Waals surface area contributed by atoms with Crippen LogP contribution in [0.2, 0.25) is 20.1 Å². The summed E-state index contributed by atoms with van der Waals surface area (Å²) in [6.07, 6.45) is 0.798. The van der Waals surface area contributed by atoms with Gasteiger partial charge >= 0.3 is 0 Å². The van der Waals surface area contributed by atoms with Crippen LogP contribution in [-0.2, 0) is 0 Å². The number of fused-ring (bicyclic) bond motifs is 9. The minimum Gasteiger partial charge on any atom is -0.344 e. The van der Waals surface area contributed by atoms with Crippen LogP contribution < -0.4 is 10.5 Å². The van der Waals surface area contributed by atoms with E-state index in [1.807, 2.05) is 86.5 Å². The number of nitrogens with zero attached hydrogens (tertiary/aromatic N) is 3. The van der Waals surface area contributed by atoms with Crippen molar-refractivity contribution in [1.29, 1.82) is 0 Å². The molecule has 0 aliphatic carbocycles. The highest BCUT2D eigenvalue weighted by atomic mass is 35.5. The zero-order valence-electron chi connectivity index (χ0n) is 31.7. The SMILES string of the molecule is C=C(c1cc(Cl)c2c3c(Cl)cc4c(=O)n5c6ccc7ccccc7c6nc5c5cc(Cl)c(c6c(Cl)cc(C=O)c1c26)c3c45)N(C)c1ccc2ccccc2c1C.CC. The largest absolute Gasteiger partial charge is 0.344 e. The molecule has 0 aliphatic heterocycles. The Hall–Kier alpha value is -5.69. The zero-order chi connectivity index (χ0) is 40.5. The molecule has 2 heterocycles. The molecule has 0 bridgehead atoms. The first-order chi connectivity index (χ1) is 28.1. The van der Waals surface area contributed by atoms with Gasteiger partial charge in [0.25, 0.3) is 5.56 Å². The van der Waals surface area contributed by atoms with Crippen LogP contribution in [0.1, 0.15) is 35.3 Å². The first-order valence-electron chi connectivity index (χ1n) is 18.9. The van der Waals surface area contributed by atoms with Crippen LogP contribution in [0, 0.1) is 6.92 Å². The van der Waals surface area contributed by atoms with Gasteiger partial charge in [0.15, 0.2) is 6.29 Å². The molecule has 0 fully saturated rings. The van der Waals surface area contributed by atoms with Crippen molar-refractivity contribution in [2.75, 3.05) is 11.9 Å². The van der Waals surface area contributed by atoms with Gasteiger partial charge in [-0.05, 0) is 65.0 Å². The fraction of sp³-hybridized carbons (Fsp3) is 0.0816. The maximum absolute atomic E-state index is 14.6. The van der Waals surface area contributed by atoms with Crippen molar-refractivity contribution in [1.82, 2.24) is 9.38 Å². The summed E-state index contributed by atoms with van der Waals surface area (Å²) >= 11 is 29.3. The number of halogens is 4. The molecule has 0 atom stereocenters. The molecule has 0 saturated carbocycles. The summed E-state index contributed by atoms with van der Waals surface area (Å²) in [5.41, 5.74) is 5.31. The van der Waals surface area contributed by atoms with Gasteiger partial charge in [0, 0.05) is 104 Å². The summed E-state index contributed by atoms with van der Waals surface area (Å²) in [5, 5.41) is 11.7. The predicted octanol–water partition coefficient (Wildman–Crippen LogP) is 14.7. The topological polar surface area (TPSA) is 54.7 Å². The summed E-state index contributed by atoms with van der Waals surface area (Å²) in [6, 6.07) is 31.3. The Bertz CT molecular complexity index is 3670.